The zero-order chi connectivity index (χ0) is 38.7. The molecule has 7 aromatic rings. The Labute approximate surface area is 342 Å². The first-order valence-electron chi connectivity index (χ1n) is 19.4. The van der Waals surface area contributed by atoms with Crippen LogP contribution in [0, 0.1) is 19.1 Å². The molecule has 0 atom stereocenters. The Morgan fingerprint density at radius 1 is 0.691 bits per heavy atom. The van der Waals surface area contributed by atoms with Crippen molar-refractivity contribution in [3.05, 3.63) is 131 Å². The van der Waals surface area contributed by atoms with E-state index in [1.807, 2.05) is 47.4 Å². The second-order valence-corrected chi connectivity index (χ2v) is 17.7. The number of fused-ring (bicyclic) bond motifs is 3. The molecule has 0 saturated heterocycles. The van der Waals surface area contributed by atoms with Gasteiger partial charge in [0.05, 0.1) is 6.20 Å². The molecule has 0 fully saturated rings. The average Bonchev–Trinajstić information content (AvgIpc) is 3.72. The third kappa shape index (κ3) is 7.45. The summed E-state index contributed by atoms with van der Waals surface area (Å²) in [5, 5.41) is 7.19. The number of para-hydroxylation sites is 1. The fourth-order valence-electron chi connectivity index (χ4n) is 8.47. The summed E-state index contributed by atoms with van der Waals surface area (Å²) in [6.45, 7) is 28.1. The molecule has 0 saturated carbocycles. The second-order valence-electron chi connectivity index (χ2n) is 17.7. The Balaban J connectivity index is 0.00000514. The molecule has 0 aliphatic heterocycles. The molecule has 0 aliphatic rings. The van der Waals surface area contributed by atoms with E-state index in [9.17, 15) is 0 Å². The van der Waals surface area contributed by atoms with Crippen LogP contribution in [0.4, 0.5) is 0 Å². The van der Waals surface area contributed by atoms with Gasteiger partial charge in [0, 0.05) is 35.0 Å². The molecule has 0 unspecified atom stereocenters. The zero-order valence-corrected chi connectivity index (χ0v) is 36.8. The maximum atomic E-state index is 6.49. The standard InChI is InChI=1S/C49H54N4O.Pt/c1-13-36-43(37(14-2)45(48(7,8)9)46(49(10,11)12)44(36)47(4,5)6)32-29-51-52(30-32)33-18-17-19-34(27-33)54-35-22-23-39-38-20-15-16-21-40(38)53(41(39)28-35)42-26-31(3)24-25-50-42;/h15-26,29-30H,13-14H2,1-12H3;/q-2;+2. The minimum absolute atomic E-state index is 0. The number of aryl methyl sites for hydroxylation is 1. The zero-order valence-electron chi connectivity index (χ0n) is 34.5. The van der Waals surface area contributed by atoms with Gasteiger partial charge in [0.25, 0.3) is 0 Å². The van der Waals surface area contributed by atoms with Crippen molar-refractivity contribution in [1.29, 1.82) is 0 Å². The summed E-state index contributed by atoms with van der Waals surface area (Å²) >= 11 is 0. The number of aromatic nitrogens is 4. The van der Waals surface area contributed by atoms with Crippen molar-refractivity contribution in [2.24, 2.45) is 0 Å². The topological polar surface area (TPSA) is 44.9 Å². The van der Waals surface area contributed by atoms with E-state index in [0.717, 1.165) is 57.3 Å². The first kappa shape index (κ1) is 40.2. The SMILES string of the molecule is CCc1c(-c2cnn(-c3[c-]c(Oc4[c-]c5c(cc4)c4ccccc4n5-c4cc(C)ccn4)ccc3)c2)c(CC)c(C(C)(C)C)c(C(C)(C)C)c1C(C)(C)C.[Pt+2]. The van der Waals surface area contributed by atoms with E-state index in [0.29, 0.717) is 11.5 Å². The predicted molar refractivity (Wildman–Crippen MR) is 225 cm³/mol. The monoisotopic (exact) mass is 909 g/mol. The minimum atomic E-state index is -0.0324. The molecular weight excluding hydrogens is 856 g/mol. The molecule has 0 N–H and O–H groups in total. The van der Waals surface area contributed by atoms with Gasteiger partial charge in [-0.1, -0.05) is 99.9 Å². The third-order valence-electron chi connectivity index (χ3n) is 10.4. The van der Waals surface area contributed by atoms with Crippen LogP contribution < -0.4 is 4.74 Å². The summed E-state index contributed by atoms with van der Waals surface area (Å²) in [5.41, 5.74) is 13.7. The number of nitrogens with zero attached hydrogens (tertiary/aromatic N) is 4. The Hall–Kier alpha value is -4.47. The molecule has 0 amide bonds. The Bertz CT molecular complexity index is 2470. The molecule has 0 radical (unpaired) electrons. The Kier molecular flexibility index (Phi) is 10.9. The van der Waals surface area contributed by atoms with Crippen LogP contribution in [-0.4, -0.2) is 19.3 Å². The third-order valence-corrected chi connectivity index (χ3v) is 10.4. The summed E-state index contributed by atoms with van der Waals surface area (Å²) < 4.78 is 10.6. The molecular formula is C49H54N4OPt. The quantitative estimate of drug-likeness (QED) is 0.150. The van der Waals surface area contributed by atoms with Crippen LogP contribution in [0.1, 0.15) is 110 Å². The molecule has 3 heterocycles. The fraction of sp³-hybridized carbons (Fsp3) is 0.347. The Morgan fingerprint density at radius 3 is 1.95 bits per heavy atom. The number of hydrogen-bond acceptors (Lipinski definition) is 3. The van der Waals surface area contributed by atoms with Gasteiger partial charge in [-0.3, -0.25) is 4.68 Å². The summed E-state index contributed by atoms with van der Waals surface area (Å²) in [7, 11) is 0. The average molecular weight is 910 g/mol. The maximum Gasteiger partial charge on any atom is 2.00 e. The van der Waals surface area contributed by atoms with Crippen LogP contribution >= 0.6 is 0 Å². The molecule has 0 aliphatic carbocycles. The maximum absolute atomic E-state index is 6.49. The molecule has 55 heavy (non-hydrogen) atoms. The van der Waals surface area contributed by atoms with Crippen LogP contribution in [0.25, 0.3) is 44.4 Å². The van der Waals surface area contributed by atoms with E-state index in [2.05, 4.69) is 142 Å². The van der Waals surface area contributed by atoms with Crippen LogP contribution in [0.15, 0.2) is 85.3 Å². The second kappa shape index (κ2) is 14.9. The summed E-state index contributed by atoms with van der Waals surface area (Å²) in [6, 6.07) is 29.6. The van der Waals surface area contributed by atoms with Crippen molar-refractivity contribution in [1.82, 2.24) is 19.3 Å². The van der Waals surface area contributed by atoms with E-state index in [1.165, 1.54) is 33.4 Å². The smallest absolute Gasteiger partial charge is 0.509 e. The molecule has 0 bridgehead atoms. The van der Waals surface area contributed by atoms with Crippen molar-refractivity contribution < 1.29 is 25.8 Å². The molecule has 5 nitrogen and oxygen atoms in total. The van der Waals surface area contributed by atoms with Crippen molar-refractivity contribution >= 4 is 21.8 Å². The van der Waals surface area contributed by atoms with Crippen LogP contribution in [-0.2, 0) is 50.2 Å². The number of pyridine rings is 1. The van der Waals surface area contributed by atoms with E-state index in [-0.39, 0.29) is 37.3 Å². The van der Waals surface area contributed by atoms with Gasteiger partial charge in [-0.25, -0.2) is 4.98 Å². The van der Waals surface area contributed by atoms with E-state index in [4.69, 9.17) is 14.8 Å². The van der Waals surface area contributed by atoms with Crippen molar-refractivity contribution in [3.63, 3.8) is 0 Å². The van der Waals surface area contributed by atoms with Gasteiger partial charge >= 0.3 is 21.1 Å². The number of benzene rings is 4. The summed E-state index contributed by atoms with van der Waals surface area (Å²) in [4.78, 5) is 4.72. The van der Waals surface area contributed by atoms with Crippen molar-refractivity contribution in [2.75, 3.05) is 0 Å². The summed E-state index contributed by atoms with van der Waals surface area (Å²) in [5.74, 6) is 2.06. The van der Waals surface area contributed by atoms with Gasteiger partial charge in [-0.15, -0.1) is 35.7 Å². The Morgan fingerprint density at radius 2 is 1.33 bits per heavy atom. The van der Waals surface area contributed by atoms with Gasteiger partial charge in [0.1, 0.15) is 5.82 Å². The summed E-state index contributed by atoms with van der Waals surface area (Å²) in [6.07, 6.45) is 7.95. The number of rotatable bonds is 7. The van der Waals surface area contributed by atoms with Gasteiger partial charge < -0.3 is 9.30 Å². The molecule has 6 heteroatoms. The predicted octanol–water partition coefficient (Wildman–Crippen LogP) is 12.7. The van der Waals surface area contributed by atoms with Gasteiger partial charge in [-0.2, -0.15) is 17.2 Å². The molecule has 0 spiro atoms. The van der Waals surface area contributed by atoms with Crippen LogP contribution in [0.2, 0.25) is 0 Å². The first-order chi connectivity index (χ1) is 25.5. The molecule has 3 aromatic heterocycles. The van der Waals surface area contributed by atoms with Crippen LogP contribution in [0.3, 0.4) is 0 Å². The number of hydrogen-bond donors (Lipinski definition) is 0. The van der Waals surface area contributed by atoms with Crippen LogP contribution in [0.5, 0.6) is 11.5 Å². The largest absolute Gasteiger partial charge is 2.00 e. The van der Waals surface area contributed by atoms with E-state index in [1.54, 1.807) is 0 Å². The first-order valence-corrected chi connectivity index (χ1v) is 19.4. The van der Waals surface area contributed by atoms with Crippen molar-refractivity contribution in [3.8, 4) is 34.1 Å². The van der Waals surface area contributed by atoms with Crippen molar-refractivity contribution in [2.45, 2.75) is 112 Å². The van der Waals surface area contributed by atoms with Gasteiger partial charge in [-0.05, 0) is 104 Å². The van der Waals surface area contributed by atoms with Gasteiger partial charge in [0.15, 0.2) is 0 Å². The van der Waals surface area contributed by atoms with Gasteiger partial charge in [0.2, 0.25) is 0 Å². The number of ether oxygens (including phenoxy) is 1. The minimum Gasteiger partial charge on any atom is -0.509 e. The van der Waals surface area contributed by atoms with E-state index < -0.39 is 0 Å². The normalized spacial score (nSPS) is 12.4. The van der Waals surface area contributed by atoms with E-state index >= 15 is 0 Å². The molecule has 7 rings (SSSR count). The fourth-order valence-corrected chi connectivity index (χ4v) is 8.47. The molecule has 4 aromatic carbocycles. The molecule has 286 valence electrons.